The molecule has 0 radical (unpaired) electrons. The van der Waals surface area contributed by atoms with Gasteiger partial charge in [0.05, 0.1) is 7.11 Å². The Labute approximate surface area is 135 Å². The van der Waals surface area contributed by atoms with Crippen LogP contribution >= 0.6 is 23.4 Å². The highest BCUT2D eigenvalue weighted by Gasteiger charge is 2.21. The summed E-state index contributed by atoms with van der Waals surface area (Å²) in [6.07, 6.45) is 0.912. The lowest BCUT2D eigenvalue weighted by Gasteiger charge is -2.24. The van der Waals surface area contributed by atoms with Crippen molar-refractivity contribution >= 4 is 23.4 Å². The zero-order chi connectivity index (χ0) is 15.2. The van der Waals surface area contributed by atoms with Gasteiger partial charge in [-0.05, 0) is 36.2 Å². The molecule has 2 unspecified atom stereocenters. The molecule has 21 heavy (non-hydrogen) atoms. The van der Waals surface area contributed by atoms with Gasteiger partial charge >= 0.3 is 0 Å². The fourth-order valence-electron chi connectivity index (χ4n) is 2.12. The zero-order valence-electron chi connectivity index (χ0n) is 12.3. The van der Waals surface area contributed by atoms with Gasteiger partial charge in [0.1, 0.15) is 5.75 Å². The maximum atomic E-state index is 6.33. The monoisotopic (exact) mass is 321 g/mol. The van der Waals surface area contributed by atoms with E-state index in [0.717, 1.165) is 22.1 Å². The molecule has 4 heteroatoms. The quantitative estimate of drug-likeness (QED) is 0.767. The molecule has 2 nitrogen and oxygen atoms in total. The number of hydrogen-bond acceptors (Lipinski definition) is 3. The molecule has 2 rings (SSSR count). The molecule has 2 atom stereocenters. The second-order valence-corrected chi connectivity index (χ2v) is 6.43. The molecule has 0 bridgehead atoms. The van der Waals surface area contributed by atoms with Crippen molar-refractivity contribution in [3.8, 4) is 5.75 Å². The summed E-state index contributed by atoms with van der Waals surface area (Å²) in [5.74, 6) is 0.879. The third-order valence-electron chi connectivity index (χ3n) is 3.38. The molecular formula is C17H20ClNOS. The van der Waals surface area contributed by atoms with Crippen molar-refractivity contribution in [1.29, 1.82) is 0 Å². The summed E-state index contributed by atoms with van der Waals surface area (Å²) in [6.45, 7) is 2.11. The topological polar surface area (TPSA) is 35.2 Å². The Kier molecular flexibility index (Phi) is 5.97. The van der Waals surface area contributed by atoms with Crippen LogP contribution in [0.25, 0.3) is 0 Å². The maximum Gasteiger partial charge on any atom is 0.132 e. The predicted molar refractivity (Wildman–Crippen MR) is 91.3 cm³/mol. The van der Waals surface area contributed by atoms with E-state index in [4.69, 9.17) is 22.1 Å². The van der Waals surface area contributed by atoms with Gasteiger partial charge in [-0.25, -0.2) is 0 Å². The van der Waals surface area contributed by atoms with Crippen molar-refractivity contribution in [2.45, 2.75) is 29.5 Å². The standard InChI is InChI=1S/C17H20ClNOS/c1-3-14(19)17(12-8-10-13(18)11-9-12)21-16-7-5-4-6-15(16)20-2/h4-11,14,17H,3,19H2,1-2H3. The predicted octanol–water partition coefficient (Wildman–Crippen LogP) is 4.92. The average Bonchev–Trinajstić information content (AvgIpc) is 2.53. The minimum Gasteiger partial charge on any atom is -0.496 e. The number of benzene rings is 2. The minimum atomic E-state index is 0.0705. The molecule has 0 aliphatic carbocycles. The molecule has 0 saturated carbocycles. The highest BCUT2D eigenvalue weighted by molar-refractivity contribution is 7.99. The molecule has 0 amide bonds. The zero-order valence-corrected chi connectivity index (χ0v) is 13.8. The third kappa shape index (κ3) is 4.16. The first-order chi connectivity index (χ1) is 10.2. The number of hydrogen-bond donors (Lipinski definition) is 1. The minimum absolute atomic E-state index is 0.0705. The van der Waals surface area contributed by atoms with Crippen LogP contribution in [0, 0.1) is 0 Å². The molecule has 0 saturated heterocycles. The van der Waals surface area contributed by atoms with Crippen molar-refractivity contribution in [1.82, 2.24) is 0 Å². The Bertz CT molecular complexity index is 573. The summed E-state index contributed by atoms with van der Waals surface area (Å²) in [6, 6.07) is 16.0. The van der Waals surface area contributed by atoms with Crippen LogP contribution in [0.4, 0.5) is 0 Å². The van der Waals surface area contributed by atoms with Crippen molar-refractivity contribution in [3.05, 3.63) is 59.1 Å². The van der Waals surface area contributed by atoms with Crippen LogP contribution in [-0.4, -0.2) is 13.2 Å². The van der Waals surface area contributed by atoms with Gasteiger partial charge in [0.25, 0.3) is 0 Å². The lowest BCUT2D eigenvalue weighted by atomic mass is 10.0. The maximum absolute atomic E-state index is 6.33. The van der Waals surface area contributed by atoms with E-state index in [2.05, 4.69) is 13.0 Å². The lowest BCUT2D eigenvalue weighted by molar-refractivity contribution is 0.404. The van der Waals surface area contributed by atoms with Gasteiger partial charge in [-0.15, -0.1) is 11.8 Å². The Balaban J connectivity index is 2.30. The van der Waals surface area contributed by atoms with E-state index in [0.29, 0.717) is 0 Å². The molecule has 2 aromatic carbocycles. The second kappa shape index (κ2) is 7.74. The van der Waals surface area contributed by atoms with E-state index < -0.39 is 0 Å². The molecule has 0 heterocycles. The molecule has 0 spiro atoms. The lowest BCUT2D eigenvalue weighted by Crippen LogP contribution is -2.25. The summed E-state index contributed by atoms with van der Waals surface area (Å²) in [5.41, 5.74) is 7.52. The van der Waals surface area contributed by atoms with Crippen LogP contribution in [0.15, 0.2) is 53.4 Å². The van der Waals surface area contributed by atoms with E-state index in [1.54, 1.807) is 18.9 Å². The number of rotatable bonds is 6. The molecule has 0 aromatic heterocycles. The summed E-state index contributed by atoms with van der Waals surface area (Å²) in [4.78, 5) is 1.10. The number of ether oxygens (including phenoxy) is 1. The van der Waals surface area contributed by atoms with Crippen LogP contribution in [-0.2, 0) is 0 Å². The molecule has 0 fully saturated rings. The largest absolute Gasteiger partial charge is 0.496 e. The summed E-state index contributed by atoms with van der Waals surface area (Å²) in [7, 11) is 1.69. The number of methoxy groups -OCH3 is 1. The number of para-hydroxylation sites is 1. The Morgan fingerprint density at radius 2 is 1.81 bits per heavy atom. The van der Waals surface area contributed by atoms with Crippen LogP contribution in [0.3, 0.4) is 0 Å². The normalized spacial score (nSPS) is 13.7. The average molecular weight is 322 g/mol. The van der Waals surface area contributed by atoms with Crippen molar-refractivity contribution in [2.75, 3.05) is 7.11 Å². The van der Waals surface area contributed by atoms with Crippen LogP contribution in [0.5, 0.6) is 5.75 Å². The molecule has 0 aliphatic heterocycles. The van der Waals surface area contributed by atoms with E-state index in [-0.39, 0.29) is 11.3 Å². The Morgan fingerprint density at radius 1 is 1.14 bits per heavy atom. The van der Waals surface area contributed by atoms with Crippen LogP contribution in [0.1, 0.15) is 24.2 Å². The van der Waals surface area contributed by atoms with E-state index in [9.17, 15) is 0 Å². The molecule has 0 aliphatic rings. The first kappa shape index (κ1) is 16.2. The van der Waals surface area contributed by atoms with Crippen molar-refractivity contribution < 1.29 is 4.74 Å². The molecular weight excluding hydrogens is 302 g/mol. The van der Waals surface area contributed by atoms with Crippen molar-refractivity contribution in [3.63, 3.8) is 0 Å². The van der Waals surface area contributed by atoms with Crippen molar-refractivity contribution in [2.24, 2.45) is 5.73 Å². The van der Waals surface area contributed by atoms with Gasteiger partial charge in [-0.3, -0.25) is 0 Å². The van der Waals surface area contributed by atoms with Crippen LogP contribution < -0.4 is 10.5 Å². The molecule has 2 N–H and O–H groups in total. The van der Waals surface area contributed by atoms with Gasteiger partial charge in [-0.2, -0.15) is 0 Å². The number of nitrogens with two attached hydrogens (primary N) is 1. The molecule has 2 aromatic rings. The smallest absolute Gasteiger partial charge is 0.132 e. The van der Waals surface area contributed by atoms with Gasteiger partial charge < -0.3 is 10.5 Å². The van der Waals surface area contributed by atoms with Gasteiger partial charge in [0, 0.05) is 21.2 Å². The summed E-state index contributed by atoms with van der Waals surface area (Å²) < 4.78 is 5.43. The highest BCUT2D eigenvalue weighted by Crippen LogP contribution is 2.42. The fourth-order valence-corrected chi connectivity index (χ4v) is 3.61. The first-order valence-electron chi connectivity index (χ1n) is 6.96. The first-order valence-corrected chi connectivity index (χ1v) is 8.22. The Morgan fingerprint density at radius 3 is 2.43 bits per heavy atom. The number of halogens is 1. The van der Waals surface area contributed by atoms with Crippen LogP contribution in [0.2, 0.25) is 5.02 Å². The summed E-state index contributed by atoms with van der Waals surface area (Å²) in [5, 5.41) is 0.911. The second-order valence-electron chi connectivity index (χ2n) is 4.81. The highest BCUT2D eigenvalue weighted by atomic mass is 35.5. The van der Waals surface area contributed by atoms with E-state index in [1.807, 2.05) is 42.5 Å². The van der Waals surface area contributed by atoms with Gasteiger partial charge in [0.2, 0.25) is 0 Å². The van der Waals surface area contributed by atoms with Gasteiger partial charge in [0.15, 0.2) is 0 Å². The fraction of sp³-hybridized carbons (Fsp3) is 0.294. The van der Waals surface area contributed by atoms with Gasteiger partial charge in [-0.1, -0.05) is 42.8 Å². The Hall–Kier alpha value is -1.16. The van der Waals surface area contributed by atoms with E-state index >= 15 is 0 Å². The number of thioether (sulfide) groups is 1. The van der Waals surface area contributed by atoms with E-state index in [1.165, 1.54) is 5.56 Å². The molecule has 112 valence electrons. The summed E-state index contributed by atoms with van der Waals surface area (Å²) >= 11 is 7.72. The third-order valence-corrected chi connectivity index (χ3v) is 5.10. The SMILES string of the molecule is CCC(N)C(Sc1ccccc1OC)c1ccc(Cl)cc1.